The van der Waals surface area contributed by atoms with Gasteiger partial charge in [-0.1, -0.05) is 12.1 Å². The Morgan fingerprint density at radius 1 is 1.25 bits per heavy atom. The van der Waals surface area contributed by atoms with Gasteiger partial charge in [0.15, 0.2) is 0 Å². The maximum absolute atomic E-state index is 5.66. The molecule has 0 aliphatic heterocycles. The number of anilines is 1. The van der Waals surface area contributed by atoms with Crippen molar-refractivity contribution in [1.29, 1.82) is 0 Å². The van der Waals surface area contributed by atoms with Crippen molar-refractivity contribution in [2.75, 3.05) is 25.6 Å². The molecule has 1 aliphatic carbocycles. The lowest BCUT2D eigenvalue weighted by molar-refractivity contribution is 0.146. The summed E-state index contributed by atoms with van der Waals surface area (Å²) in [4.78, 5) is 0. The Morgan fingerprint density at radius 3 is 2.75 bits per heavy atom. The Hall–Kier alpha value is -1.22. The number of para-hydroxylation sites is 2. The summed E-state index contributed by atoms with van der Waals surface area (Å²) in [5.41, 5.74) is 1.10. The minimum atomic E-state index is 0.597. The largest absolute Gasteiger partial charge is 0.489 e. The fourth-order valence-electron chi connectivity index (χ4n) is 1.72. The first-order chi connectivity index (χ1) is 7.90. The van der Waals surface area contributed by atoms with Crippen LogP contribution >= 0.6 is 0 Å². The SMILES string of the molecule is COCCOc1ccccc1NC1CCC1. The molecule has 0 spiro atoms. The van der Waals surface area contributed by atoms with Crippen molar-refractivity contribution in [3.05, 3.63) is 24.3 Å². The van der Waals surface area contributed by atoms with E-state index in [9.17, 15) is 0 Å². The topological polar surface area (TPSA) is 30.5 Å². The van der Waals surface area contributed by atoms with E-state index in [0.717, 1.165) is 11.4 Å². The van der Waals surface area contributed by atoms with E-state index >= 15 is 0 Å². The highest BCUT2D eigenvalue weighted by Crippen LogP contribution is 2.29. The molecule has 1 aromatic rings. The lowest BCUT2D eigenvalue weighted by atomic mass is 9.93. The quantitative estimate of drug-likeness (QED) is 0.749. The highest BCUT2D eigenvalue weighted by atomic mass is 16.5. The zero-order valence-electron chi connectivity index (χ0n) is 9.74. The molecule has 2 rings (SSSR count). The summed E-state index contributed by atoms with van der Waals surface area (Å²) in [6.45, 7) is 1.22. The molecule has 0 saturated heterocycles. The number of nitrogens with one attached hydrogen (secondary N) is 1. The minimum Gasteiger partial charge on any atom is -0.489 e. The molecule has 0 heterocycles. The van der Waals surface area contributed by atoms with Gasteiger partial charge in [0.25, 0.3) is 0 Å². The van der Waals surface area contributed by atoms with Gasteiger partial charge < -0.3 is 14.8 Å². The van der Waals surface area contributed by atoms with Gasteiger partial charge in [-0.3, -0.25) is 0 Å². The molecule has 16 heavy (non-hydrogen) atoms. The van der Waals surface area contributed by atoms with Gasteiger partial charge in [-0.15, -0.1) is 0 Å². The fourth-order valence-corrected chi connectivity index (χ4v) is 1.72. The molecular formula is C13H19NO2. The second-order valence-electron chi connectivity index (χ2n) is 4.11. The van der Waals surface area contributed by atoms with Gasteiger partial charge in [0.2, 0.25) is 0 Å². The molecule has 1 aromatic carbocycles. The zero-order valence-corrected chi connectivity index (χ0v) is 9.74. The van der Waals surface area contributed by atoms with Crippen LogP contribution in [0.3, 0.4) is 0 Å². The van der Waals surface area contributed by atoms with E-state index in [-0.39, 0.29) is 0 Å². The van der Waals surface area contributed by atoms with Crippen molar-refractivity contribution in [2.45, 2.75) is 25.3 Å². The zero-order chi connectivity index (χ0) is 11.2. The average molecular weight is 221 g/mol. The number of benzene rings is 1. The maximum atomic E-state index is 5.66. The van der Waals surface area contributed by atoms with Crippen LogP contribution in [-0.2, 0) is 4.74 Å². The summed E-state index contributed by atoms with van der Waals surface area (Å²) < 4.78 is 10.6. The summed E-state index contributed by atoms with van der Waals surface area (Å²) >= 11 is 0. The van der Waals surface area contributed by atoms with E-state index in [0.29, 0.717) is 19.3 Å². The van der Waals surface area contributed by atoms with Crippen LogP contribution in [0.2, 0.25) is 0 Å². The van der Waals surface area contributed by atoms with Crippen LogP contribution in [0.1, 0.15) is 19.3 Å². The first-order valence-corrected chi connectivity index (χ1v) is 5.87. The van der Waals surface area contributed by atoms with Gasteiger partial charge in [-0.25, -0.2) is 0 Å². The molecule has 0 aromatic heterocycles. The van der Waals surface area contributed by atoms with E-state index < -0.39 is 0 Å². The molecule has 1 aliphatic rings. The molecule has 0 unspecified atom stereocenters. The van der Waals surface area contributed by atoms with Crippen molar-refractivity contribution >= 4 is 5.69 Å². The second-order valence-corrected chi connectivity index (χ2v) is 4.11. The normalized spacial score (nSPS) is 15.6. The lowest BCUT2D eigenvalue weighted by Crippen LogP contribution is -2.27. The van der Waals surface area contributed by atoms with Gasteiger partial charge in [-0.05, 0) is 31.4 Å². The first kappa shape index (κ1) is 11.3. The van der Waals surface area contributed by atoms with E-state index in [1.165, 1.54) is 19.3 Å². The second kappa shape index (κ2) is 5.75. The Kier molecular flexibility index (Phi) is 4.05. The molecule has 0 amide bonds. The summed E-state index contributed by atoms with van der Waals surface area (Å²) in [6, 6.07) is 8.72. The number of rotatable bonds is 6. The molecule has 88 valence electrons. The summed E-state index contributed by atoms with van der Waals surface area (Å²) in [6.07, 6.45) is 3.88. The van der Waals surface area contributed by atoms with Crippen molar-refractivity contribution < 1.29 is 9.47 Å². The maximum Gasteiger partial charge on any atom is 0.142 e. The fraction of sp³-hybridized carbons (Fsp3) is 0.538. The van der Waals surface area contributed by atoms with E-state index in [1.807, 2.05) is 18.2 Å². The third kappa shape index (κ3) is 2.89. The molecule has 0 atom stereocenters. The van der Waals surface area contributed by atoms with Crippen LogP contribution in [0, 0.1) is 0 Å². The Bertz CT molecular complexity index is 323. The number of ether oxygens (including phenoxy) is 2. The molecule has 3 nitrogen and oxygen atoms in total. The Morgan fingerprint density at radius 2 is 2.06 bits per heavy atom. The van der Waals surface area contributed by atoms with Crippen LogP contribution in [-0.4, -0.2) is 26.4 Å². The summed E-state index contributed by atoms with van der Waals surface area (Å²) in [5, 5.41) is 3.51. The number of methoxy groups -OCH3 is 1. The van der Waals surface area contributed by atoms with Crippen LogP contribution in [0.25, 0.3) is 0 Å². The van der Waals surface area contributed by atoms with Crippen LogP contribution in [0.15, 0.2) is 24.3 Å². The van der Waals surface area contributed by atoms with E-state index in [2.05, 4.69) is 11.4 Å². The smallest absolute Gasteiger partial charge is 0.142 e. The summed E-state index contributed by atoms with van der Waals surface area (Å²) in [5.74, 6) is 0.923. The molecule has 0 bridgehead atoms. The highest BCUT2D eigenvalue weighted by Gasteiger charge is 2.18. The number of hydrogen-bond acceptors (Lipinski definition) is 3. The minimum absolute atomic E-state index is 0.597. The Labute approximate surface area is 96.8 Å². The van der Waals surface area contributed by atoms with Gasteiger partial charge in [-0.2, -0.15) is 0 Å². The molecule has 1 saturated carbocycles. The van der Waals surface area contributed by atoms with Crippen molar-refractivity contribution in [2.24, 2.45) is 0 Å². The average Bonchev–Trinajstić information content (AvgIpc) is 2.25. The van der Waals surface area contributed by atoms with Gasteiger partial charge in [0.05, 0.1) is 12.3 Å². The predicted octanol–water partition coefficient (Wildman–Crippen LogP) is 2.68. The lowest BCUT2D eigenvalue weighted by Gasteiger charge is -2.28. The third-order valence-corrected chi connectivity index (χ3v) is 2.90. The van der Waals surface area contributed by atoms with E-state index in [1.54, 1.807) is 7.11 Å². The van der Waals surface area contributed by atoms with Crippen molar-refractivity contribution in [1.82, 2.24) is 0 Å². The van der Waals surface area contributed by atoms with Gasteiger partial charge in [0.1, 0.15) is 12.4 Å². The Balaban J connectivity index is 1.92. The standard InChI is InChI=1S/C13H19NO2/c1-15-9-10-16-13-8-3-2-7-12(13)14-11-5-4-6-11/h2-3,7-8,11,14H,4-6,9-10H2,1H3. The van der Waals surface area contributed by atoms with Gasteiger partial charge >= 0.3 is 0 Å². The molecule has 3 heteroatoms. The van der Waals surface area contributed by atoms with Crippen LogP contribution in [0.5, 0.6) is 5.75 Å². The third-order valence-electron chi connectivity index (χ3n) is 2.90. The molecule has 1 N–H and O–H groups in total. The molecule has 1 fully saturated rings. The predicted molar refractivity (Wildman–Crippen MR) is 65.1 cm³/mol. The number of hydrogen-bond donors (Lipinski definition) is 1. The van der Waals surface area contributed by atoms with Gasteiger partial charge in [0, 0.05) is 13.2 Å². The first-order valence-electron chi connectivity index (χ1n) is 5.87. The van der Waals surface area contributed by atoms with Crippen molar-refractivity contribution in [3.63, 3.8) is 0 Å². The molecular weight excluding hydrogens is 202 g/mol. The van der Waals surface area contributed by atoms with Crippen LogP contribution < -0.4 is 10.1 Å². The van der Waals surface area contributed by atoms with Crippen LogP contribution in [0.4, 0.5) is 5.69 Å². The highest BCUT2D eigenvalue weighted by molar-refractivity contribution is 5.56. The molecule has 0 radical (unpaired) electrons. The monoisotopic (exact) mass is 221 g/mol. The van der Waals surface area contributed by atoms with Crippen molar-refractivity contribution in [3.8, 4) is 5.75 Å². The van der Waals surface area contributed by atoms with E-state index in [4.69, 9.17) is 9.47 Å². The summed E-state index contributed by atoms with van der Waals surface area (Å²) in [7, 11) is 1.68.